The monoisotopic (exact) mass is 407 g/mol. The predicted octanol–water partition coefficient (Wildman–Crippen LogP) is 4.17. The van der Waals surface area contributed by atoms with E-state index in [-0.39, 0.29) is 24.0 Å². The molecule has 1 aromatic heterocycles. The van der Waals surface area contributed by atoms with Gasteiger partial charge in [0.2, 0.25) is 0 Å². The van der Waals surface area contributed by atoms with Gasteiger partial charge in [0.15, 0.2) is 5.96 Å². The van der Waals surface area contributed by atoms with Crippen LogP contribution in [0.1, 0.15) is 51.7 Å². The second-order valence-corrected chi connectivity index (χ2v) is 5.53. The van der Waals surface area contributed by atoms with Gasteiger partial charge in [-0.1, -0.05) is 39.5 Å². The number of hydrogen-bond acceptors (Lipinski definition) is 2. The second kappa shape index (κ2) is 13.0. The molecule has 4 nitrogen and oxygen atoms in total. The molecule has 21 heavy (non-hydrogen) atoms. The average molecular weight is 407 g/mol. The fourth-order valence-corrected chi connectivity index (χ4v) is 2.04. The summed E-state index contributed by atoms with van der Waals surface area (Å²) in [5.74, 6) is 2.59. The maximum Gasteiger partial charge on any atom is 0.191 e. The Morgan fingerprint density at radius 3 is 2.57 bits per heavy atom. The average Bonchev–Trinajstić information content (AvgIpc) is 2.94. The minimum Gasteiger partial charge on any atom is -0.467 e. The van der Waals surface area contributed by atoms with Crippen molar-refractivity contribution in [3.8, 4) is 0 Å². The number of aliphatic imine (C=N–C) groups is 1. The van der Waals surface area contributed by atoms with Crippen LogP contribution >= 0.6 is 24.0 Å². The fourth-order valence-electron chi connectivity index (χ4n) is 2.04. The van der Waals surface area contributed by atoms with Crippen molar-refractivity contribution in [3.63, 3.8) is 0 Å². The van der Waals surface area contributed by atoms with Gasteiger partial charge in [-0.3, -0.25) is 4.99 Å². The summed E-state index contributed by atoms with van der Waals surface area (Å²) >= 11 is 0. The Hall–Kier alpha value is -0.720. The van der Waals surface area contributed by atoms with Crippen molar-refractivity contribution in [2.24, 2.45) is 10.9 Å². The van der Waals surface area contributed by atoms with Crippen molar-refractivity contribution in [2.45, 2.75) is 52.5 Å². The van der Waals surface area contributed by atoms with Gasteiger partial charge in [0.1, 0.15) is 5.76 Å². The third kappa shape index (κ3) is 10.6. The van der Waals surface area contributed by atoms with E-state index in [1.54, 1.807) is 13.3 Å². The number of guanidine groups is 1. The van der Waals surface area contributed by atoms with Crippen LogP contribution in [-0.4, -0.2) is 19.6 Å². The van der Waals surface area contributed by atoms with Crippen molar-refractivity contribution in [1.82, 2.24) is 10.6 Å². The van der Waals surface area contributed by atoms with Crippen LogP contribution in [0.15, 0.2) is 27.8 Å². The highest BCUT2D eigenvalue weighted by molar-refractivity contribution is 14.0. The zero-order valence-corrected chi connectivity index (χ0v) is 15.9. The van der Waals surface area contributed by atoms with Crippen molar-refractivity contribution >= 4 is 29.9 Å². The number of furan rings is 1. The number of hydrogen-bond donors (Lipinski definition) is 2. The summed E-state index contributed by atoms with van der Waals surface area (Å²) in [6, 6.07) is 3.85. The standard InChI is InChI=1S/C16H29N3O.HI/c1-14(2)9-6-4-5-7-11-18-16(17-3)19-13-15-10-8-12-20-15;/h8,10,12,14H,4-7,9,11,13H2,1-3H3,(H2,17,18,19);1H. The molecule has 0 fully saturated rings. The molecule has 0 amide bonds. The lowest BCUT2D eigenvalue weighted by atomic mass is 10.0. The molecule has 0 unspecified atom stereocenters. The van der Waals surface area contributed by atoms with Crippen LogP contribution in [0.3, 0.4) is 0 Å². The van der Waals surface area contributed by atoms with E-state index in [9.17, 15) is 0 Å². The molecular weight excluding hydrogens is 377 g/mol. The van der Waals surface area contributed by atoms with E-state index < -0.39 is 0 Å². The zero-order chi connectivity index (χ0) is 14.6. The molecule has 0 bridgehead atoms. The molecule has 0 aliphatic rings. The molecule has 0 aromatic carbocycles. The molecule has 0 saturated heterocycles. The van der Waals surface area contributed by atoms with Crippen LogP contribution in [0.2, 0.25) is 0 Å². The first kappa shape index (κ1) is 20.3. The smallest absolute Gasteiger partial charge is 0.191 e. The van der Waals surface area contributed by atoms with Gasteiger partial charge in [-0.25, -0.2) is 0 Å². The summed E-state index contributed by atoms with van der Waals surface area (Å²) in [6.45, 7) is 6.22. The van der Waals surface area contributed by atoms with Crippen molar-refractivity contribution < 1.29 is 4.42 Å². The van der Waals surface area contributed by atoms with Crippen molar-refractivity contribution in [2.75, 3.05) is 13.6 Å². The molecular formula is C16H30IN3O. The maximum atomic E-state index is 5.27. The molecule has 122 valence electrons. The first-order chi connectivity index (χ1) is 9.72. The summed E-state index contributed by atoms with van der Waals surface area (Å²) in [5.41, 5.74) is 0. The molecule has 0 saturated carbocycles. The Labute approximate surface area is 146 Å². The Morgan fingerprint density at radius 2 is 1.95 bits per heavy atom. The maximum absolute atomic E-state index is 5.27. The molecule has 5 heteroatoms. The normalized spacial score (nSPS) is 11.3. The molecule has 0 aliphatic heterocycles. The molecule has 0 atom stereocenters. The highest BCUT2D eigenvalue weighted by Crippen LogP contribution is 2.08. The van der Waals surface area contributed by atoms with Crippen molar-refractivity contribution in [3.05, 3.63) is 24.2 Å². The Morgan fingerprint density at radius 1 is 1.19 bits per heavy atom. The van der Waals surface area contributed by atoms with Gasteiger partial charge in [-0.05, 0) is 24.5 Å². The largest absolute Gasteiger partial charge is 0.467 e. The highest BCUT2D eigenvalue weighted by Gasteiger charge is 1.99. The van der Waals surface area contributed by atoms with E-state index >= 15 is 0 Å². The van der Waals surface area contributed by atoms with Gasteiger partial charge in [0, 0.05) is 13.6 Å². The Balaban J connectivity index is 0.00000400. The summed E-state index contributed by atoms with van der Waals surface area (Å²) in [5, 5.41) is 6.56. The summed E-state index contributed by atoms with van der Waals surface area (Å²) in [7, 11) is 1.79. The van der Waals surface area contributed by atoms with Gasteiger partial charge < -0.3 is 15.1 Å². The highest BCUT2D eigenvalue weighted by atomic mass is 127. The van der Waals surface area contributed by atoms with E-state index in [1.807, 2.05) is 12.1 Å². The van der Waals surface area contributed by atoms with Crippen LogP contribution < -0.4 is 10.6 Å². The molecule has 1 rings (SSSR count). The van der Waals surface area contributed by atoms with Crippen LogP contribution in [0.25, 0.3) is 0 Å². The van der Waals surface area contributed by atoms with Gasteiger partial charge >= 0.3 is 0 Å². The van der Waals surface area contributed by atoms with E-state index in [4.69, 9.17) is 4.42 Å². The molecule has 1 heterocycles. The van der Waals surface area contributed by atoms with Crippen LogP contribution in [0.5, 0.6) is 0 Å². The third-order valence-electron chi connectivity index (χ3n) is 3.23. The third-order valence-corrected chi connectivity index (χ3v) is 3.23. The molecule has 0 radical (unpaired) electrons. The second-order valence-electron chi connectivity index (χ2n) is 5.53. The minimum atomic E-state index is 0. The van der Waals surface area contributed by atoms with Gasteiger partial charge in [-0.15, -0.1) is 24.0 Å². The van der Waals surface area contributed by atoms with E-state index in [0.29, 0.717) is 6.54 Å². The minimum absolute atomic E-state index is 0. The number of unbranched alkanes of at least 4 members (excludes halogenated alkanes) is 3. The van der Waals surface area contributed by atoms with Crippen molar-refractivity contribution in [1.29, 1.82) is 0 Å². The topological polar surface area (TPSA) is 49.6 Å². The molecule has 0 spiro atoms. The lowest BCUT2D eigenvalue weighted by Gasteiger charge is -2.11. The Kier molecular flexibility index (Phi) is 12.5. The van der Waals surface area contributed by atoms with Gasteiger partial charge in [0.05, 0.1) is 12.8 Å². The fraction of sp³-hybridized carbons (Fsp3) is 0.688. The quantitative estimate of drug-likeness (QED) is 0.280. The summed E-state index contributed by atoms with van der Waals surface area (Å²) in [6.07, 6.45) is 8.19. The lowest BCUT2D eigenvalue weighted by molar-refractivity contribution is 0.500. The number of nitrogens with zero attached hydrogens (tertiary/aromatic N) is 1. The first-order valence-electron chi connectivity index (χ1n) is 7.69. The summed E-state index contributed by atoms with van der Waals surface area (Å²) in [4.78, 5) is 4.20. The van der Waals surface area contributed by atoms with E-state index in [0.717, 1.165) is 24.2 Å². The predicted molar refractivity (Wildman–Crippen MR) is 100 cm³/mol. The van der Waals surface area contributed by atoms with Crippen LogP contribution in [0.4, 0.5) is 0 Å². The van der Waals surface area contributed by atoms with Crippen LogP contribution in [0, 0.1) is 5.92 Å². The number of halogens is 1. The lowest BCUT2D eigenvalue weighted by Crippen LogP contribution is -2.37. The Bertz CT molecular complexity index is 364. The SMILES string of the molecule is CN=C(NCCCCCCC(C)C)NCc1ccco1.I. The number of nitrogens with one attached hydrogen (secondary N) is 2. The summed E-state index contributed by atoms with van der Waals surface area (Å²) < 4.78 is 5.27. The molecule has 2 N–H and O–H groups in total. The first-order valence-corrected chi connectivity index (χ1v) is 7.69. The molecule has 1 aromatic rings. The van der Waals surface area contributed by atoms with E-state index in [1.165, 1.54) is 32.1 Å². The van der Waals surface area contributed by atoms with E-state index in [2.05, 4.69) is 29.5 Å². The van der Waals surface area contributed by atoms with Gasteiger partial charge in [-0.2, -0.15) is 0 Å². The van der Waals surface area contributed by atoms with Crippen LogP contribution in [-0.2, 0) is 6.54 Å². The van der Waals surface area contributed by atoms with Gasteiger partial charge in [0.25, 0.3) is 0 Å². The zero-order valence-electron chi connectivity index (χ0n) is 13.5. The molecule has 0 aliphatic carbocycles. The number of rotatable bonds is 9.